The number of amides is 3. The summed E-state index contributed by atoms with van der Waals surface area (Å²) < 4.78 is 44.4. The van der Waals surface area contributed by atoms with Crippen LogP contribution in [-0.2, 0) is 32.6 Å². The third-order valence-corrected chi connectivity index (χ3v) is 13.2. The van der Waals surface area contributed by atoms with Crippen molar-refractivity contribution < 1.29 is 42.2 Å². The highest BCUT2D eigenvalue weighted by Gasteiger charge is 2.32. The standard InChI is InChI=1S/C47H58F2N10O8/c1-56(25-32(46(63)64)8-5-21-66-20-4-7-30-6-3-9-36-41(30)57(2)47(65)59(36)37-16-17-39(60)54-44(37)62)24-29-12-14-33(15-13-29)58-26-34(40(55-58)42(48)49)52-43(61)35-27-67-45(53-35)31-18-19-50-38(22-31)51-23-28-10-11-28/h3,6,9,18-19,22,26-29,32-33,37,42H,4-5,7-8,10-17,20-21,23-25H2,1-2H3,(H,50,51)(H,52,61)(H,63,64)(H,54,60,62). The van der Waals surface area contributed by atoms with Crippen molar-refractivity contribution in [1.29, 1.82) is 0 Å². The average molecular weight is 929 g/mol. The number of carbonyl (C=O) groups is 4. The Balaban J connectivity index is 0.756. The number of imidazole rings is 1. The zero-order chi connectivity index (χ0) is 47.2. The summed E-state index contributed by atoms with van der Waals surface area (Å²) >= 11 is 0. The number of nitrogens with one attached hydrogen (secondary N) is 3. The number of piperidine rings is 1. The third kappa shape index (κ3) is 11.5. The minimum atomic E-state index is -2.91. The number of aromatic nitrogens is 6. The highest BCUT2D eigenvalue weighted by atomic mass is 19.3. The lowest BCUT2D eigenvalue weighted by Crippen LogP contribution is -2.44. The number of benzene rings is 1. The van der Waals surface area contributed by atoms with Crippen molar-refractivity contribution in [2.24, 2.45) is 24.8 Å². The van der Waals surface area contributed by atoms with E-state index in [-0.39, 0.29) is 47.8 Å². The minimum absolute atomic E-state index is 0.0629. The van der Waals surface area contributed by atoms with E-state index in [2.05, 4.69) is 35.9 Å². The molecule has 358 valence electrons. The molecule has 0 spiro atoms. The average Bonchev–Trinajstić information content (AvgIpc) is 3.71. The number of imide groups is 1. The molecule has 2 unspecified atom stereocenters. The van der Waals surface area contributed by atoms with Crippen molar-refractivity contribution in [2.45, 2.75) is 95.6 Å². The molecule has 20 heteroatoms. The molecule has 2 saturated carbocycles. The Hall–Kier alpha value is -6.28. The maximum absolute atomic E-state index is 14.2. The molecule has 0 radical (unpaired) electrons. The molecule has 67 heavy (non-hydrogen) atoms. The number of hydrogen-bond donors (Lipinski definition) is 4. The Morgan fingerprint density at radius 2 is 1.82 bits per heavy atom. The second kappa shape index (κ2) is 21.1. The Labute approximate surface area is 385 Å². The quantitative estimate of drug-likeness (QED) is 0.0439. The highest BCUT2D eigenvalue weighted by molar-refractivity contribution is 6.03. The van der Waals surface area contributed by atoms with Gasteiger partial charge >= 0.3 is 11.7 Å². The van der Waals surface area contributed by atoms with E-state index < -0.39 is 41.9 Å². The van der Waals surface area contributed by atoms with Gasteiger partial charge in [-0.3, -0.25) is 38.3 Å². The van der Waals surface area contributed by atoms with Crippen LogP contribution < -0.4 is 21.6 Å². The summed E-state index contributed by atoms with van der Waals surface area (Å²) in [6.45, 7) is 2.76. The second-order valence-corrected chi connectivity index (χ2v) is 18.2. The van der Waals surface area contributed by atoms with Gasteiger partial charge in [0.15, 0.2) is 11.4 Å². The van der Waals surface area contributed by atoms with E-state index >= 15 is 0 Å². The Morgan fingerprint density at radius 3 is 2.57 bits per heavy atom. The molecule has 8 rings (SSSR count). The molecular weight excluding hydrogens is 871 g/mol. The van der Waals surface area contributed by atoms with Crippen molar-refractivity contribution in [3.8, 4) is 11.5 Å². The fraction of sp³-hybridized carbons (Fsp3) is 0.532. The fourth-order valence-electron chi connectivity index (χ4n) is 9.40. The molecule has 3 aliphatic rings. The van der Waals surface area contributed by atoms with Crippen molar-refractivity contribution in [3.63, 3.8) is 0 Å². The largest absolute Gasteiger partial charge is 0.481 e. The van der Waals surface area contributed by atoms with Crippen molar-refractivity contribution in [1.82, 2.24) is 39.1 Å². The van der Waals surface area contributed by atoms with Crippen LogP contribution in [0.3, 0.4) is 0 Å². The van der Waals surface area contributed by atoms with Crippen LogP contribution in [0.4, 0.5) is 20.3 Å². The number of ether oxygens (including phenoxy) is 1. The number of carbonyl (C=O) groups excluding carboxylic acids is 3. The molecule has 1 aromatic carbocycles. The lowest BCUT2D eigenvalue weighted by atomic mass is 9.85. The normalized spacial score (nSPS) is 19.3. The summed E-state index contributed by atoms with van der Waals surface area (Å²) in [5.74, 6) is -1.14. The monoisotopic (exact) mass is 928 g/mol. The van der Waals surface area contributed by atoms with Gasteiger partial charge in [0.05, 0.1) is 28.7 Å². The lowest BCUT2D eigenvalue weighted by molar-refractivity contribution is -0.143. The molecule has 3 amide bonds. The number of halogens is 2. The zero-order valence-corrected chi connectivity index (χ0v) is 37.8. The molecule has 3 fully saturated rings. The topological polar surface area (TPSA) is 221 Å². The second-order valence-electron chi connectivity index (χ2n) is 18.2. The van der Waals surface area contributed by atoms with Gasteiger partial charge in [0, 0.05) is 64.3 Å². The predicted octanol–water partition coefficient (Wildman–Crippen LogP) is 6.37. The highest BCUT2D eigenvalue weighted by Crippen LogP contribution is 2.36. The van der Waals surface area contributed by atoms with Gasteiger partial charge in [0.1, 0.15) is 18.1 Å². The molecule has 1 aliphatic heterocycles. The van der Waals surface area contributed by atoms with E-state index in [1.54, 1.807) is 29.9 Å². The minimum Gasteiger partial charge on any atom is -0.481 e. The summed E-state index contributed by atoms with van der Waals surface area (Å²) in [4.78, 5) is 73.6. The lowest BCUT2D eigenvalue weighted by Gasteiger charge is -2.32. The predicted molar refractivity (Wildman–Crippen MR) is 243 cm³/mol. The summed E-state index contributed by atoms with van der Waals surface area (Å²) in [5, 5.41) is 22.4. The maximum Gasteiger partial charge on any atom is 0.329 e. The number of fused-ring (bicyclic) bond motifs is 1. The van der Waals surface area contributed by atoms with E-state index in [1.165, 1.54) is 34.6 Å². The van der Waals surface area contributed by atoms with Crippen molar-refractivity contribution >= 4 is 46.2 Å². The molecule has 4 N–H and O–H groups in total. The van der Waals surface area contributed by atoms with Gasteiger partial charge in [-0.1, -0.05) is 12.1 Å². The molecule has 0 bridgehead atoms. The molecule has 5 heterocycles. The summed E-state index contributed by atoms with van der Waals surface area (Å²) in [6.07, 6.45) is 9.49. The molecule has 2 aliphatic carbocycles. The van der Waals surface area contributed by atoms with E-state index in [0.29, 0.717) is 93.6 Å². The number of aryl methyl sites for hydroxylation is 2. The first kappa shape index (κ1) is 47.2. The van der Waals surface area contributed by atoms with Crippen LogP contribution in [0, 0.1) is 17.8 Å². The van der Waals surface area contributed by atoms with E-state index in [9.17, 15) is 37.9 Å². The van der Waals surface area contributed by atoms with E-state index in [0.717, 1.165) is 30.5 Å². The maximum atomic E-state index is 14.2. The number of carboxylic acids is 1. The number of rotatable bonds is 22. The van der Waals surface area contributed by atoms with Crippen LogP contribution >= 0.6 is 0 Å². The number of para-hydroxylation sites is 1. The number of nitrogens with zero attached hydrogens (tertiary/aromatic N) is 7. The first-order chi connectivity index (χ1) is 32.3. The van der Waals surface area contributed by atoms with Crippen LogP contribution in [-0.4, -0.2) is 102 Å². The molecule has 1 saturated heterocycles. The van der Waals surface area contributed by atoms with Gasteiger partial charge in [0.2, 0.25) is 17.7 Å². The molecule has 18 nitrogen and oxygen atoms in total. The number of oxazole rings is 1. The third-order valence-electron chi connectivity index (χ3n) is 13.2. The number of hydrogen-bond acceptors (Lipinski definition) is 12. The summed E-state index contributed by atoms with van der Waals surface area (Å²) in [6, 6.07) is 8.21. The first-order valence-corrected chi connectivity index (χ1v) is 23.2. The molecule has 4 aromatic heterocycles. The zero-order valence-electron chi connectivity index (χ0n) is 37.8. The van der Waals surface area contributed by atoms with Crippen LogP contribution in [0.25, 0.3) is 22.5 Å². The number of pyridine rings is 1. The first-order valence-electron chi connectivity index (χ1n) is 23.2. The SMILES string of the molecule is CN(CC1CCC(n2cc(NC(=O)c3coc(-c4ccnc(NCC5CC5)c4)n3)c(C(F)F)n2)CC1)CC(CCCOCCCc1cccc2c1n(C)c(=O)n2C1CCC(=O)NC1=O)C(=O)O. The molecule has 5 aromatic rings. The number of alkyl halides is 2. The van der Waals surface area contributed by atoms with Gasteiger partial charge in [-0.05, 0) is 113 Å². The number of carboxylic acid groups (broad SMARTS) is 1. The van der Waals surface area contributed by atoms with Crippen LogP contribution in [0.5, 0.6) is 0 Å². The summed E-state index contributed by atoms with van der Waals surface area (Å²) in [7, 11) is 3.60. The van der Waals surface area contributed by atoms with Crippen LogP contribution in [0.15, 0.2) is 58.2 Å². The Kier molecular flexibility index (Phi) is 14.9. The Bertz CT molecular complexity index is 2630. The van der Waals surface area contributed by atoms with E-state index in [1.807, 2.05) is 25.2 Å². The van der Waals surface area contributed by atoms with Gasteiger partial charge in [-0.25, -0.2) is 23.5 Å². The smallest absolute Gasteiger partial charge is 0.329 e. The van der Waals surface area contributed by atoms with Gasteiger partial charge in [0.25, 0.3) is 12.3 Å². The van der Waals surface area contributed by atoms with Crippen LogP contribution in [0.1, 0.15) is 111 Å². The summed E-state index contributed by atoms with van der Waals surface area (Å²) in [5.41, 5.74) is 1.96. The number of aliphatic carboxylic acids is 1. The van der Waals surface area contributed by atoms with E-state index in [4.69, 9.17) is 9.15 Å². The van der Waals surface area contributed by atoms with Gasteiger partial charge < -0.3 is 29.8 Å². The van der Waals surface area contributed by atoms with Crippen LogP contribution in [0.2, 0.25) is 0 Å². The van der Waals surface area contributed by atoms with Crippen molar-refractivity contribution in [2.75, 3.05) is 50.5 Å². The van der Waals surface area contributed by atoms with Gasteiger partial charge in [-0.15, -0.1) is 0 Å². The van der Waals surface area contributed by atoms with Gasteiger partial charge in [-0.2, -0.15) is 5.10 Å². The van der Waals surface area contributed by atoms with Crippen molar-refractivity contribution in [3.05, 3.63) is 76.4 Å². The Morgan fingerprint density at radius 1 is 1.04 bits per heavy atom. The molecular formula is C47H58F2N10O8. The fourth-order valence-corrected chi connectivity index (χ4v) is 9.40. The molecule has 2 atom stereocenters. The number of anilines is 2.